The van der Waals surface area contributed by atoms with E-state index in [1.165, 1.54) is 5.56 Å². The average Bonchev–Trinajstić information content (AvgIpc) is 2.46. The first-order chi connectivity index (χ1) is 9.16. The SMILES string of the molecule is CC(C)(CCc1ccccc1)NCC1CCC=CO1. The van der Waals surface area contributed by atoms with Gasteiger partial charge in [-0.2, -0.15) is 0 Å². The molecule has 0 fully saturated rings. The van der Waals surface area contributed by atoms with Crippen molar-refractivity contribution in [1.82, 2.24) is 5.32 Å². The molecule has 2 nitrogen and oxygen atoms in total. The van der Waals surface area contributed by atoms with E-state index in [2.05, 4.69) is 55.6 Å². The van der Waals surface area contributed by atoms with Gasteiger partial charge in [-0.15, -0.1) is 0 Å². The van der Waals surface area contributed by atoms with Crippen molar-refractivity contribution in [2.45, 2.75) is 51.2 Å². The summed E-state index contributed by atoms with van der Waals surface area (Å²) in [6.07, 6.45) is 8.78. The topological polar surface area (TPSA) is 21.3 Å². The van der Waals surface area contributed by atoms with Crippen LogP contribution in [0.1, 0.15) is 38.7 Å². The molecule has 0 radical (unpaired) electrons. The van der Waals surface area contributed by atoms with E-state index in [9.17, 15) is 0 Å². The van der Waals surface area contributed by atoms with E-state index in [0.29, 0.717) is 6.10 Å². The monoisotopic (exact) mass is 259 g/mol. The van der Waals surface area contributed by atoms with Gasteiger partial charge in [-0.05, 0) is 51.2 Å². The first kappa shape index (κ1) is 14.1. The molecule has 2 rings (SSSR count). The van der Waals surface area contributed by atoms with E-state index in [0.717, 1.165) is 32.2 Å². The normalized spacial score (nSPS) is 19.2. The summed E-state index contributed by atoms with van der Waals surface area (Å²) in [5.74, 6) is 0. The molecule has 0 aromatic heterocycles. The predicted molar refractivity (Wildman–Crippen MR) is 80.1 cm³/mol. The second kappa shape index (κ2) is 6.76. The maximum absolute atomic E-state index is 5.59. The van der Waals surface area contributed by atoms with Crippen LogP contribution in [0.3, 0.4) is 0 Å². The van der Waals surface area contributed by atoms with Crippen LogP contribution in [0.4, 0.5) is 0 Å². The van der Waals surface area contributed by atoms with Crippen molar-refractivity contribution in [2.24, 2.45) is 0 Å². The predicted octanol–water partition coefficient (Wildman–Crippen LogP) is 3.68. The molecule has 1 aromatic carbocycles. The highest BCUT2D eigenvalue weighted by molar-refractivity contribution is 5.15. The maximum atomic E-state index is 5.59. The fraction of sp³-hybridized carbons (Fsp3) is 0.529. The van der Waals surface area contributed by atoms with Crippen molar-refractivity contribution in [3.05, 3.63) is 48.2 Å². The Hall–Kier alpha value is -1.28. The van der Waals surface area contributed by atoms with Gasteiger partial charge in [0.05, 0.1) is 6.26 Å². The highest BCUT2D eigenvalue weighted by Gasteiger charge is 2.20. The highest BCUT2D eigenvalue weighted by atomic mass is 16.5. The zero-order chi connectivity index (χ0) is 13.6. The molecule has 1 atom stereocenters. The molecular weight excluding hydrogens is 234 g/mol. The highest BCUT2D eigenvalue weighted by Crippen LogP contribution is 2.15. The molecule has 2 heteroatoms. The minimum Gasteiger partial charge on any atom is -0.497 e. The van der Waals surface area contributed by atoms with E-state index in [4.69, 9.17) is 4.74 Å². The van der Waals surface area contributed by atoms with Crippen LogP contribution < -0.4 is 5.32 Å². The lowest BCUT2D eigenvalue weighted by Crippen LogP contribution is -2.44. The summed E-state index contributed by atoms with van der Waals surface area (Å²) in [4.78, 5) is 0. The van der Waals surface area contributed by atoms with Gasteiger partial charge in [0.1, 0.15) is 6.10 Å². The van der Waals surface area contributed by atoms with Crippen molar-refractivity contribution >= 4 is 0 Å². The molecule has 0 saturated carbocycles. The van der Waals surface area contributed by atoms with Gasteiger partial charge in [0, 0.05) is 12.1 Å². The second-order valence-corrected chi connectivity index (χ2v) is 5.96. The Labute approximate surface area is 116 Å². The van der Waals surface area contributed by atoms with Crippen molar-refractivity contribution in [2.75, 3.05) is 6.54 Å². The molecule has 0 amide bonds. The first-order valence-corrected chi connectivity index (χ1v) is 7.25. The Morgan fingerprint density at radius 3 is 2.74 bits per heavy atom. The van der Waals surface area contributed by atoms with Crippen LogP contribution in [0.15, 0.2) is 42.7 Å². The summed E-state index contributed by atoms with van der Waals surface area (Å²) < 4.78 is 5.59. The number of aryl methyl sites for hydroxylation is 1. The van der Waals surface area contributed by atoms with Crippen LogP contribution in [0.5, 0.6) is 0 Å². The number of benzene rings is 1. The van der Waals surface area contributed by atoms with E-state index in [1.807, 2.05) is 6.26 Å². The van der Waals surface area contributed by atoms with Gasteiger partial charge in [-0.25, -0.2) is 0 Å². The molecule has 104 valence electrons. The number of ether oxygens (including phenoxy) is 1. The molecule has 1 unspecified atom stereocenters. The van der Waals surface area contributed by atoms with Crippen LogP contribution in [0, 0.1) is 0 Å². The van der Waals surface area contributed by atoms with Crippen LogP contribution in [0.2, 0.25) is 0 Å². The zero-order valence-corrected chi connectivity index (χ0v) is 12.1. The third kappa shape index (κ3) is 5.07. The first-order valence-electron chi connectivity index (χ1n) is 7.25. The Morgan fingerprint density at radius 1 is 1.26 bits per heavy atom. The Kier molecular flexibility index (Phi) is 5.03. The lowest BCUT2D eigenvalue weighted by molar-refractivity contribution is 0.113. The van der Waals surface area contributed by atoms with Crippen molar-refractivity contribution in [3.8, 4) is 0 Å². The molecule has 0 spiro atoms. The van der Waals surface area contributed by atoms with Crippen molar-refractivity contribution < 1.29 is 4.74 Å². The Bertz CT molecular complexity index is 397. The number of allylic oxidation sites excluding steroid dienone is 1. The second-order valence-electron chi connectivity index (χ2n) is 5.96. The van der Waals surface area contributed by atoms with Crippen LogP contribution in [-0.2, 0) is 11.2 Å². The standard InChI is InChI=1S/C17H25NO/c1-17(2,12-11-15-8-4-3-5-9-15)18-14-16-10-6-7-13-19-16/h3-5,7-9,13,16,18H,6,10-12,14H2,1-2H3. The summed E-state index contributed by atoms with van der Waals surface area (Å²) in [5.41, 5.74) is 1.56. The number of hydrogen-bond donors (Lipinski definition) is 1. The van der Waals surface area contributed by atoms with Crippen LogP contribution in [-0.4, -0.2) is 18.2 Å². The number of hydrogen-bond acceptors (Lipinski definition) is 2. The van der Waals surface area contributed by atoms with E-state index < -0.39 is 0 Å². The van der Waals surface area contributed by atoms with Gasteiger partial charge in [0.15, 0.2) is 0 Å². The van der Waals surface area contributed by atoms with Gasteiger partial charge >= 0.3 is 0 Å². The van der Waals surface area contributed by atoms with Crippen molar-refractivity contribution in [1.29, 1.82) is 0 Å². The molecule has 1 aromatic rings. The van der Waals surface area contributed by atoms with Gasteiger partial charge in [-0.3, -0.25) is 0 Å². The average molecular weight is 259 g/mol. The lowest BCUT2D eigenvalue weighted by Gasteiger charge is -2.29. The summed E-state index contributed by atoms with van der Waals surface area (Å²) in [6, 6.07) is 10.7. The van der Waals surface area contributed by atoms with Gasteiger partial charge in [0.25, 0.3) is 0 Å². The number of rotatable bonds is 6. The fourth-order valence-corrected chi connectivity index (χ4v) is 2.32. The summed E-state index contributed by atoms with van der Waals surface area (Å²) in [6.45, 7) is 5.48. The fourth-order valence-electron chi connectivity index (χ4n) is 2.32. The van der Waals surface area contributed by atoms with E-state index in [1.54, 1.807) is 0 Å². The summed E-state index contributed by atoms with van der Waals surface area (Å²) in [7, 11) is 0. The molecule has 1 N–H and O–H groups in total. The minimum absolute atomic E-state index is 0.153. The van der Waals surface area contributed by atoms with E-state index in [-0.39, 0.29) is 5.54 Å². The minimum atomic E-state index is 0.153. The summed E-state index contributed by atoms with van der Waals surface area (Å²) >= 11 is 0. The molecule has 1 aliphatic rings. The van der Waals surface area contributed by atoms with Gasteiger partial charge in [0.2, 0.25) is 0 Å². The smallest absolute Gasteiger partial charge is 0.110 e. The molecule has 0 bridgehead atoms. The lowest BCUT2D eigenvalue weighted by atomic mass is 9.95. The molecule has 1 heterocycles. The molecular formula is C17H25NO. The third-order valence-electron chi connectivity index (χ3n) is 3.71. The molecule has 0 saturated heterocycles. The Balaban J connectivity index is 1.73. The van der Waals surface area contributed by atoms with E-state index >= 15 is 0 Å². The molecule has 0 aliphatic carbocycles. The maximum Gasteiger partial charge on any atom is 0.110 e. The zero-order valence-electron chi connectivity index (χ0n) is 12.1. The van der Waals surface area contributed by atoms with Gasteiger partial charge in [-0.1, -0.05) is 30.3 Å². The van der Waals surface area contributed by atoms with Crippen LogP contribution >= 0.6 is 0 Å². The quantitative estimate of drug-likeness (QED) is 0.841. The van der Waals surface area contributed by atoms with Crippen molar-refractivity contribution in [3.63, 3.8) is 0 Å². The van der Waals surface area contributed by atoms with Gasteiger partial charge < -0.3 is 10.1 Å². The number of nitrogens with one attached hydrogen (secondary N) is 1. The van der Waals surface area contributed by atoms with Crippen LogP contribution in [0.25, 0.3) is 0 Å². The summed E-state index contributed by atoms with van der Waals surface area (Å²) in [5, 5.41) is 3.64. The Morgan fingerprint density at radius 2 is 2.05 bits per heavy atom. The molecule has 19 heavy (non-hydrogen) atoms. The largest absolute Gasteiger partial charge is 0.497 e. The molecule has 1 aliphatic heterocycles. The third-order valence-corrected chi connectivity index (χ3v) is 3.71.